The molecule has 1 aromatic rings. The van der Waals surface area contributed by atoms with Gasteiger partial charge < -0.3 is 4.55 Å². The molecule has 2 nitrogen and oxygen atoms in total. The number of benzene rings is 1. The summed E-state index contributed by atoms with van der Waals surface area (Å²) in [4.78, 5) is 1.28. The molecule has 0 spiro atoms. The van der Waals surface area contributed by atoms with Gasteiger partial charge in [0.1, 0.15) is 0 Å². The average Bonchev–Trinajstić information content (AvgIpc) is 2.29. The van der Waals surface area contributed by atoms with Crippen molar-refractivity contribution < 1.29 is 38.3 Å². The van der Waals surface area contributed by atoms with Crippen LogP contribution < -0.4 is 29.6 Å². The molecule has 1 aromatic carbocycles. The number of hydrogen-bond donors (Lipinski definition) is 1. The Bertz CT molecular complexity index is 309. The second-order valence-electron chi connectivity index (χ2n) is 3.30. The molecule has 1 N–H and O–H groups in total. The van der Waals surface area contributed by atoms with Crippen molar-refractivity contribution in [2.45, 2.75) is 24.2 Å². The first-order valence-electron chi connectivity index (χ1n) is 5.21. The van der Waals surface area contributed by atoms with Crippen LogP contribution in [0.25, 0.3) is 0 Å². The summed E-state index contributed by atoms with van der Waals surface area (Å²) < 4.78 is 18.9. The summed E-state index contributed by atoms with van der Waals surface area (Å²) in [5, 5.41) is 0. The number of unbranched alkanes of at least 4 members (excludes halogenated alkanes) is 2. The van der Waals surface area contributed by atoms with Gasteiger partial charge in [0.25, 0.3) is 0 Å². The zero-order valence-corrected chi connectivity index (χ0v) is 14.5. The van der Waals surface area contributed by atoms with Gasteiger partial charge in [-0.05, 0) is 25.0 Å². The molecule has 6 heteroatoms. The van der Waals surface area contributed by atoms with Gasteiger partial charge >= 0.3 is 29.6 Å². The van der Waals surface area contributed by atoms with E-state index in [1.165, 1.54) is 4.90 Å². The predicted octanol–water partition coefficient (Wildman–Crippen LogP) is 0.823. The third-order valence-corrected chi connectivity index (χ3v) is 5.05. The zero-order chi connectivity index (χ0) is 11.6. The molecule has 1 rings (SSSR count). The molecular formula is C11H16NaO2S3+. The van der Waals surface area contributed by atoms with Crippen LogP contribution in [-0.4, -0.2) is 20.3 Å². The minimum absolute atomic E-state index is 0. The van der Waals surface area contributed by atoms with Gasteiger partial charge in [0.15, 0.2) is 11.1 Å². The fourth-order valence-electron chi connectivity index (χ4n) is 1.15. The van der Waals surface area contributed by atoms with E-state index >= 15 is 0 Å². The van der Waals surface area contributed by atoms with Crippen molar-refractivity contribution in [1.29, 1.82) is 0 Å². The first-order valence-corrected chi connectivity index (χ1v) is 8.80. The predicted molar refractivity (Wildman–Crippen MR) is 74.2 cm³/mol. The molecule has 0 aliphatic carbocycles. The van der Waals surface area contributed by atoms with Gasteiger partial charge in [0.2, 0.25) is 0 Å². The molecule has 1 unspecified atom stereocenters. The van der Waals surface area contributed by atoms with E-state index < -0.39 is 11.1 Å². The summed E-state index contributed by atoms with van der Waals surface area (Å²) in [6, 6.07) is 10.3. The van der Waals surface area contributed by atoms with Gasteiger partial charge in [-0.25, -0.2) is 4.21 Å². The second kappa shape index (κ2) is 12.1. The first-order chi connectivity index (χ1) is 7.79. The molecular weight excluding hydrogens is 283 g/mol. The maximum atomic E-state index is 10.4. The van der Waals surface area contributed by atoms with E-state index in [4.69, 9.17) is 4.55 Å². The molecule has 0 aliphatic rings. The second-order valence-corrected chi connectivity index (χ2v) is 6.84. The summed E-state index contributed by atoms with van der Waals surface area (Å²) in [5.41, 5.74) is 0. The van der Waals surface area contributed by atoms with Gasteiger partial charge in [-0.2, -0.15) is 0 Å². The molecule has 90 valence electrons. The van der Waals surface area contributed by atoms with E-state index in [0.717, 1.165) is 25.0 Å². The van der Waals surface area contributed by atoms with E-state index in [1.54, 1.807) is 10.8 Å². The van der Waals surface area contributed by atoms with E-state index in [0.29, 0.717) is 5.75 Å². The Kier molecular flexibility index (Phi) is 12.8. The van der Waals surface area contributed by atoms with Gasteiger partial charge in [-0.1, -0.05) is 46.2 Å². The fourth-order valence-corrected chi connectivity index (χ4v) is 3.75. The van der Waals surface area contributed by atoms with E-state index in [2.05, 4.69) is 12.1 Å². The Morgan fingerprint density at radius 1 is 1.12 bits per heavy atom. The molecule has 0 heterocycles. The summed E-state index contributed by atoms with van der Waals surface area (Å²) in [5.74, 6) is 1.51. The molecule has 0 saturated heterocycles. The van der Waals surface area contributed by atoms with Crippen LogP contribution >= 0.6 is 21.6 Å². The fraction of sp³-hybridized carbons (Fsp3) is 0.455. The van der Waals surface area contributed by atoms with Crippen LogP contribution in [-0.2, 0) is 11.1 Å². The molecule has 1 atom stereocenters. The van der Waals surface area contributed by atoms with Crippen LogP contribution in [0.4, 0.5) is 0 Å². The smallest absolute Gasteiger partial charge is 0.306 e. The Labute approximate surface area is 136 Å². The first kappa shape index (κ1) is 18.0. The zero-order valence-electron chi connectivity index (χ0n) is 10.0. The Hall–Kier alpha value is 1.03. The van der Waals surface area contributed by atoms with Crippen molar-refractivity contribution in [2.24, 2.45) is 0 Å². The minimum Gasteiger partial charge on any atom is -0.306 e. The minimum atomic E-state index is -1.61. The summed E-state index contributed by atoms with van der Waals surface area (Å²) >= 11 is -1.61. The topological polar surface area (TPSA) is 37.3 Å². The standard InChI is InChI=1S/C11H16O2S3.Na/c12-16(13)10-6-2-5-9-14-15-11-7-3-1-4-8-11;/h1,3-4,7-8H,2,5-6,9-10H2,(H,12,13);/q;+1. The molecule has 0 fully saturated rings. The summed E-state index contributed by atoms with van der Waals surface area (Å²) in [7, 11) is 3.64. The normalized spacial score (nSPS) is 11.8. The third kappa shape index (κ3) is 10.6. The number of hydrogen-bond acceptors (Lipinski definition) is 3. The Morgan fingerprint density at radius 2 is 1.82 bits per heavy atom. The molecule has 0 aromatic heterocycles. The molecule has 0 radical (unpaired) electrons. The van der Waals surface area contributed by atoms with Crippen molar-refractivity contribution in [3.8, 4) is 0 Å². The molecule has 17 heavy (non-hydrogen) atoms. The quantitative estimate of drug-likeness (QED) is 0.334. The van der Waals surface area contributed by atoms with Crippen LogP contribution in [0.1, 0.15) is 19.3 Å². The largest absolute Gasteiger partial charge is 1.00 e. The van der Waals surface area contributed by atoms with Gasteiger partial charge in [0, 0.05) is 16.4 Å². The van der Waals surface area contributed by atoms with Crippen molar-refractivity contribution in [2.75, 3.05) is 11.5 Å². The van der Waals surface area contributed by atoms with E-state index in [9.17, 15) is 4.21 Å². The Morgan fingerprint density at radius 3 is 2.47 bits per heavy atom. The third-order valence-electron chi connectivity index (χ3n) is 1.94. The van der Waals surface area contributed by atoms with Gasteiger partial charge in [0.05, 0.1) is 0 Å². The Balaban J connectivity index is 0.00000256. The van der Waals surface area contributed by atoms with Crippen LogP contribution in [0.5, 0.6) is 0 Å². The molecule has 0 bridgehead atoms. The number of rotatable bonds is 8. The van der Waals surface area contributed by atoms with Crippen LogP contribution in [0.2, 0.25) is 0 Å². The van der Waals surface area contributed by atoms with Crippen molar-refractivity contribution in [3.05, 3.63) is 30.3 Å². The van der Waals surface area contributed by atoms with Crippen molar-refractivity contribution >= 4 is 32.7 Å². The van der Waals surface area contributed by atoms with Crippen molar-refractivity contribution in [1.82, 2.24) is 0 Å². The molecule has 0 amide bonds. The van der Waals surface area contributed by atoms with Crippen LogP contribution in [0.15, 0.2) is 35.2 Å². The van der Waals surface area contributed by atoms with Gasteiger partial charge in [-0.15, -0.1) is 0 Å². The monoisotopic (exact) mass is 299 g/mol. The van der Waals surface area contributed by atoms with E-state index in [-0.39, 0.29) is 29.6 Å². The summed E-state index contributed by atoms with van der Waals surface area (Å²) in [6.07, 6.45) is 3.00. The average molecular weight is 299 g/mol. The van der Waals surface area contributed by atoms with Crippen LogP contribution in [0.3, 0.4) is 0 Å². The van der Waals surface area contributed by atoms with E-state index in [1.807, 2.05) is 29.0 Å². The molecule has 0 aliphatic heterocycles. The molecule has 0 saturated carbocycles. The van der Waals surface area contributed by atoms with Gasteiger partial charge in [-0.3, -0.25) is 0 Å². The van der Waals surface area contributed by atoms with Crippen molar-refractivity contribution in [3.63, 3.8) is 0 Å². The SMILES string of the molecule is O=S(O)CCCCCSSc1ccccc1.[Na+]. The van der Waals surface area contributed by atoms with Crippen LogP contribution in [0, 0.1) is 0 Å². The summed E-state index contributed by atoms with van der Waals surface area (Å²) in [6.45, 7) is 0. The maximum absolute atomic E-state index is 10.4. The maximum Gasteiger partial charge on any atom is 1.00 e.